The van der Waals surface area contributed by atoms with Crippen LogP contribution in [0.15, 0.2) is 11.6 Å². The van der Waals surface area contributed by atoms with E-state index in [1.54, 1.807) is 17.5 Å². The van der Waals surface area contributed by atoms with Crippen molar-refractivity contribution in [1.29, 1.82) is 5.26 Å². The number of rotatable bonds is 2. The first-order chi connectivity index (χ1) is 6.73. The van der Waals surface area contributed by atoms with E-state index in [0.717, 1.165) is 17.8 Å². The van der Waals surface area contributed by atoms with Gasteiger partial charge in [-0.05, 0) is 19.8 Å². The van der Waals surface area contributed by atoms with E-state index in [4.69, 9.17) is 10.00 Å². The summed E-state index contributed by atoms with van der Waals surface area (Å²) in [6, 6.07) is 2.17. The fourth-order valence-corrected chi connectivity index (χ4v) is 2.46. The Kier molecular flexibility index (Phi) is 2.53. The molecule has 0 bridgehead atoms. The summed E-state index contributed by atoms with van der Waals surface area (Å²) >= 11 is 1.62. The van der Waals surface area contributed by atoms with Crippen molar-refractivity contribution in [2.75, 3.05) is 0 Å². The molecule has 0 aromatic carbocycles. The van der Waals surface area contributed by atoms with Crippen LogP contribution in [0.2, 0.25) is 0 Å². The Labute approximate surface area is 87.3 Å². The van der Waals surface area contributed by atoms with Crippen molar-refractivity contribution in [3.63, 3.8) is 0 Å². The zero-order chi connectivity index (χ0) is 10.0. The van der Waals surface area contributed by atoms with Crippen LogP contribution in [-0.4, -0.2) is 10.6 Å². The molecule has 0 radical (unpaired) electrons. The molecule has 2 unspecified atom stereocenters. The minimum absolute atomic E-state index is 0.105. The Morgan fingerprint density at radius 3 is 3.36 bits per heavy atom. The van der Waals surface area contributed by atoms with Crippen molar-refractivity contribution in [2.24, 2.45) is 0 Å². The highest BCUT2D eigenvalue weighted by atomic mass is 32.1. The number of hydrogen-bond acceptors (Lipinski definition) is 4. The lowest BCUT2D eigenvalue weighted by Crippen LogP contribution is -2.22. The number of nitrogens with zero attached hydrogens (tertiary/aromatic N) is 2. The smallest absolute Gasteiger partial charge is 0.121 e. The van der Waals surface area contributed by atoms with Gasteiger partial charge in [0.1, 0.15) is 11.1 Å². The Hall–Kier alpha value is -0.920. The second-order valence-electron chi connectivity index (χ2n) is 3.80. The molecular formula is C10H12N2OS. The molecule has 0 saturated carbocycles. The second-order valence-corrected chi connectivity index (χ2v) is 4.73. The van der Waals surface area contributed by atoms with E-state index in [1.807, 2.05) is 12.3 Å². The third kappa shape index (κ3) is 1.79. The van der Waals surface area contributed by atoms with Crippen LogP contribution >= 0.6 is 11.3 Å². The fourth-order valence-electron chi connectivity index (χ4n) is 1.76. The zero-order valence-corrected chi connectivity index (χ0v) is 8.88. The summed E-state index contributed by atoms with van der Waals surface area (Å²) < 4.78 is 5.86. The lowest BCUT2D eigenvalue weighted by molar-refractivity contribution is -0.0262. The van der Waals surface area contributed by atoms with E-state index in [-0.39, 0.29) is 11.7 Å². The van der Waals surface area contributed by atoms with Crippen LogP contribution in [0.5, 0.6) is 0 Å². The Bertz CT molecular complexity index is 344. The van der Waals surface area contributed by atoms with Crippen molar-refractivity contribution in [3.05, 3.63) is 16.6 Å². The molecular weight excluding hydrogens is 196 g/mol. The fraction of sp³-hybridized carbons (Fsp3) is 0.600. The molecule has 2 heterocycles. The molecule has 1 aliphatic rings. The van der Waals surface area contributed by atoms with Gasteiger partial charge in [-0.1, -0.05) is 0 Å². The van der Waals surface area contributed by atoms with E-state index in [1.165, 1.54) is 0 Å². The second kappa shape index (κ2) is 3.68. The normalized spacial score (nSPS) is 31.6. The molecule has 0 amide bonds. The van der Waals surface area contributed by atoms with Crippen molar-refractivity contribution in [2.45, 2.75) is 37.9 Å². The highest BCUT2D eigenvalue weighted by molar-refractivity contribution is 7.09. The molecule has 2 atom stereocenters. The topological polar surface area (TPSA) is 45.9 Å². The first-order valence-electron chi connectivity index (χ1n) is 4.68. The van der Waals surface area contributed by atoms with Crippen LogP contribution in [0, 0.1) is 11.3 Å². The van der Waals surface area contributed by atoms with E-state index in [2.05, 4.69) is 11.1 Å². The van der Waals surface area contributed by atoms with E-state index < -0.39 is 0 Å². The summed E-state index contributed by atoms with van der Waals surface area (Å²) in [7, 11) is 0. The first-order valence-corrected chi connectivity index (χ1v) is 5.56. The highest BCUT2D eigenvalue weighted by Gasteiger charge is 2.37. The van der Waals surface area contributed by atoms with Crippen LogP contribution in [0.1, 0.15) is 37.3 Å². The number of nitriles is 1. The SMILES string of the molecule is CC1(CC#N)CCC(c2nccs2)O1. The van der Waals surface area contributed by atoms with E-state index in [9.17, 15) is 0 Å². The predicted molar refractivity (Wildman–Crippen MR) is 53.8 cm³/mol. The van der Waals surface area contributed by atoms with Crippen molar-refractivity contribution in [1.82, 2.24) is 4.98 Å². The molecule has 74 valence electrons. The molecule has 0 aliphatic carbocycles. The van der Waals surface area contributed by atoms with Gasteiger partial charge >= 0.3 is 0 Å². The highest BCUT2D eigenvalue weighted by Crippen LogP contribution is 2.41. The van der Waals surface area contributed by atoms with Crippen molar-refractivity contribution >= 4 is 11.3 Å². The summed E-state index contributed by atoms with van der Waals surface area (Å²) in [5, 5.41) is 11.7. The van der Waals surface area contributed by atoms with Crippen LogP contribution in [0.25, 0.3) is 0 Å². The minimum Gasteiger partial charge on any atom is -0.364 e. The molecule has 1 aromatic rings. The Balaban J connectivity index is 2.05. The molecule has 0 N–H and O–H groups in total. The lowest BCUT2D eigenvalue weighted by Gasteiger charge is -2.20. The van der Waals surface area contributed by atoms with Gasteiger partial charge in [-0.2, -0.15) is 5.26 Å². The molecule has 1 aromatic heterocycles. The molecule has 1 aliphatic heterocycles. The molecule has 2 rings (SSSR count). The summed E-state index contributed by atoms with van der Waals surface area (Å²) in [6.45, 7) is 2.00. The summed E-state index contributed by atoms with van der Waals surface area (Å²) in [4.78, 5) is 4.23. The Morgan fingerprint density at radius 1 is 1.86 bits per heavy atom. The predicted octanol–water partition coefficient (Wildman–Crippen LogP) is 2.67. The molecule has 1 fully saturated rings. The van der Waals surface area contributed by atoms with E-state index in [0.29, 0.717) is 6.42 Å². The third-order valence-corrected chi connectivity index (χ3v) is 3.41. The van der Waals surface area contributed by atoms with Gasteiger partial charge in [-0.15, -0.1) is 11.3 Å². The average Bonchev–Trinajstić information content (AvgIpc) is 2.73. The van der Waals surface area contributed by atoms with Crippen molar-refractivity contribution < 1.29 is 4.74 Å². The van der Waals surface area contributed by atoms with Crippen LogP contribution in [0.4, 0.5) is 0 Å². The summed E-state index contributed by atoms with van der Waals surface area (Å²) in [6.07, 6.45) is 4.29. The quantitative estimate of drug-likeness (QED) is 0.750. The Morgan fingerprint density at radius 2 is 2.71 bits per heavy atom. The number of hydrogen-bond donors (Lipinski definition) is 0. The molecule has 3 nitrogen and oxygen atoms in total. The number of aromatic nitrogens is 1. The van der Waals surface area contributed by atoms with Crippen LogP contribution < -0.4 is 0 Å². The maximum atomic E-state index is 8.67. The van der Waals surface area contributed by atoms with Gasteiger partial charge in [0, 0.05) is 11.6 Å². The molecule has 14 heavy (non-hydrogen) atoms. The van der Waals surface area contributed by atoms with Gasteiger partial charge in [-0.25, -0.2) is 4.98 Å². The van der Waals surface area contributed by atoms with Gasteiger partial charge in [0.05, 0.1) is 18.1 Å². The van der Waals surface area contributed by atoms with Gasteiger partial charge in [0.25, 0.3) is 0 Å². The van der Waals surface area contributed by atoms with Gasteiger partial charge < -0.3 is 4.74 Å². The van der Waals surface area contributed by atoms with Gasteiger partial charge in [-0.3, -0.25) is 0 Å². The maximum absolute atomic E-state index is 8.67. The lowest BCUT2D eigenvalue weighted by atomic mass is 9.99. The summed E-state index contributed by atoms with van der Waals surface area (Å²) in [5.41, 5.74) is -0.259. The molecule has 4 heteroatoms. The van der Waals surface area contributed by atoms with Gasteiger partial charge in [0.15, 0.2) is 0 Å². The largest absolute Gasteiger partial charge is 0.364 e. The van der Waals surface area contributed by atoms with E-state index >= 15 is 0 Å². The monoisotopic (exact) mass is 208 g/mol. The number of ether oxygens (including phenoxy) is 1. The number of thiazole rings is 1. The molecule has 0 spiro atoms. The van der Waals surface area contributed by atoms with Crippen LogP contribution in [-0.2, 0) is 4.74 Å². The maximum Gasteiger partial charge on any atom is 0.121 e. The zero-order valence-electron chi connectivity index (χ0n) is 8.06. The third-order valence-electron chi connectivity index (χ3n) is 2.54. The molecule has 1 saturated heterocycles. The van der Waals surface area contributed by atoms with Crippen LogP contribution in [0.3, 0.4) is 0 Å². The van der Waals surface area contributed by atoms with Gasteiger partial charge in [0.2, 0.25) is 0 Å². The van der Waals surface area contributed by atoms with Crippen molar-refractivity contribution in [3.8, 4) is 6.07 Å². The standard InChI is InChI=1S/C10H12N2OS/c1-10(4-5-11)3-2-8(13-10)9-12-6-7-14-9/h6-8H,2-4H2,1H3. The average molecular weight is 208 g/mol. The first kappa shape index (κ1) is 9.63. The minimum atomic E-state index is -0.259. The summed E-state index contributed by atoms with van der Waals surface area (Å²) in [5.74, 6) is 0.